The highest BCUT2D eigenvalue weighted by Gasteiger charge is 2.22. The van der Waals surface area contributed by atoms with Crippen molar-refractivity contribution in [3.63, 3.8) is 0 Å². The van der Waals surface area contributed by atoms with Crippen LogP contribution < -0.4 is 0 Å². The third-order valence-electron chi connectivity index (χ3n) is 11.9. The number of nitrogens with zero attached hydrogens (tertiary/aromatic N) is 6. The fourth-order valence-electron chi connectivity index (χ4n) is 9.39. The van der Waals surface area contributed by atoms with Gasteiger partial charge in [-0.2, -0.15) is 15.0 Å². The third-order valence-corrected chi connectivity index (χ3v) is 11.9. The molecule has 13 rings (SSSR count). The first-order valence-electron chi connectivity index (χ1n) is 19.3. The van der Waals surface area contributed by atoms with Crippen LogP contribution in [0.2, 0.25) is 0 Å². The molecule has 6 nitrogen and oxygen atoms in total. The molecule has 0 aliphatic carbocycles. The van der Waals surface area contributed by atoms with E-state index in [1.807, 2.05) is 0 Å². The van der Waals surface area contributed by atoms with Gasteiger partial charge in [0.1, 0.15) is 0 Å². The summed E-state index contributed by atoms with van der Waals surface area (Å²) in [5.74, 6) is 1.75. The van der Waals surface area contributed by atoms with E-state index in [1.54, 1.807) is 0 Å². The van der Waals surface area contributed by atoms with E-state index in [0.717, 1.165) is 54.7 Å². The fourth-order valence-corrected chi connectivity index (χ4v) is 9.39. The Labute approximate surface area is 325 Å². The van der Waals surface area contributed by atoms with Gasteiger partial charge >= 0.3 is 0 Å². The molecule has 0 spiro atoms. The molecule has 0 saturated carbocycles. The molecular weight excluding hydrogens is 697 g/mol. The van der Waals surface area contributed by atoms with E-state index in [2.05, 4.69) is 196 Å². The molecule has 0 bridgehead atoms. The van der Waals surface area contributed by atoms with Gasteiger partial charge in [0.15, 0.2) is 5.82 Å². The lowest BCUT2D eigenvalue weighted by Gasteiger charge is -2.13. The Hall–Kier alpha value is -7.83. The molecular formula is C51H30N6. The number of rotatable bonds is 4. The first-order chi connectivity index (χ1) is 28.3. The Bertz CT molecular complexity index is 3430. The molecule has 0 fully saturated rings. The summed E-state index contributed by atoms with van der Waals surface area (Å²) >= 11 is 0. The zero-order valence-corrected chi connectivity index (χ0v) is 30.5. The van der Waals surface area contributed by atoms with Crippen molar-refractivity contribution in [2.45, 2.75) is 0 Å². The molecule has 13 aromatic rings. The minimum absolute atomic E-state index is 0.571. The van der Waals surface area contributed by atoms with Gasteiger partial charge in [-0.1, -0.05) is 133 Å². The van der Waals surface area contributed by atoms with Gasteiger partial charge in [-0.3, -0.25) is 9.13 Å². The van der Waals surface area contributed by atoms with Gasteiger partial charge in [-0.25, -0.2) is 0 Å². The topological polar surface area (TPSA) is 52.9 Å². The van der Waals surface area contributed by atoms with Gasteiger partial charge < -0.3 is 4.40 Å². The van der Waals surface area contributed by atoms with Crippen LogP contribution in [-0.2, 0) is 0 Å². The van der Waals surface area contributed by atoms with Crippen LogP contribution in [0.4, 0.5) is 0 Å². The number of hydrogen-bond acceptors (Lipinski definition) is 3. The number of hydrogen-bond donors (Lipinski definition) is 0. The van der Waals surface area contributed by atoms with E-state index in [9.17, 15) is 0 Å². The lowest BCUT2D eigenvalue weighted by atomic mass is 9.98. The van der Waals surface area contributed by atoms with Crippen LogP contribution in [0, 0.1) is 0 Å². The highest BCUT2D eigenvalue weighted by molar-refractivity contribution is 6.24. The Balaban J connectivity index is 1.03. The zero-order valence-electron chi connectivity index (χ0n) is 30.5. The summed E-state index contributed by atoms with van der Waals surface area (Å²) in [7, 11) is 0. The van der Waals surface area contributed by atoms with Crippen LogP contribution in [0.5, 0.6) is 0 Å². The highest BCUT2D eigenvalue weighted by atomic mass is 15.3. The molecule has 8 aromatic carbocycles. The van der Waals surface area contributed by atoms with Crippen molar-refractivity contribution in [2.75, 3.05) is 0 Å². The van der Waals surface area contributed by atoms with Crippen LogP contribution in [0.25, 0.3) is 116 Å². The molecule has 6 heteroatoms. The first-order valence-corrected chi connectivity index (χ1v) is 19.3. The Morgan fingerprint density at radius 2 is 0.614 bits per heavy atom. The van der Waals surface area contributed by atoms with E-state index in [1.165, 1.54) is 43.7 Å². The minimum Gasteiger partial charge on any atom is -0.308 e. The lowest BCUT2D eigenvalue weighted by molar-refractivity contribution is 0.893. The fraction of sp³-hybridized carbons (Fsp3) is 0. The molecule has 0 atom stereocenters. The summed E-state index contributed by atoms with van der Waals surface area (Å²) in [5, 5.41) is 9.69. The number of fused-ring (bicyclic) bond motifs is 12. The van der Waals surface area contributed by atoms with Crippen LogP contribution in [0.1, 0.15) is 0 Å². The van der Waals surface area contributed by atoms with E-state index >= 15 is 0 Å². The molecule has 0 radical (unpaired) electrons. The lowest BCUT2D eigenvalue weighted by Crippen LogP contribution is -2.10. The summed E-state index contributed by atoms with van der Waals surface area (Å²) in [4.78, 5) is 15.8. The molecule has 0 unspecified atom stereocenters. The van der Waals surface area contributed by atoms with Crippen molar-refractivity contribution in [1.82, 2.24) is 28.5 Å². The van der Waals surface area contributed by atoms with Crippen LogP contribution in [0.3, 0.4) is 0 Å². The maximum absolute atomic E-state index is 5.30. The van der Waals surface area contributed by atoms with Gasteiger partial charge in [0.05, 0.1) is 38.6 Å². The van der Waals surface area contributed by atoms with E-state index in [4.69, 9.17) is 15.0 Å². The monoisotopic (exact) mass is 726 g/mol. The first kappa shape index (κ1) is 30.5. The number of para-hydroxylation sites is 6. The smallest absolute Gasteiger partial charge is 0.240 e. The average molecular weight is 727 g/mol. The van der Waals surface area contributed by atoms with Crippen molar-refractivity contribution < 1.29 is 0 Å². The Kier molecular flexibility index (Phi) is 6.07. The van der Waals surface area contributed by atoms with Crippen LogP contribution >= 0.6 is 0 Å². The molecule has 57 heavy (non-hydrogen) atoms. The highest BCUT2D eigenvalue weighted by Crippen LogP contribution is 2.42. The quantitative estimate of drug-likeness (QED) is 0.181. The largest absolute Gasteiger partial charge is 0.308 e. The molecule has 0 amide bonds. The van der Waals surface area contributed by atoms with Crippen molar-refractivity contribution in [3.8, 4) is 34.4 Å². The van der Waals surface area contributed by atoms with Gasteiger partial charge in [-0.05, 0) is 59.7 Å². The SMILES string of the molecule is c1ccc2c(c1)c1ccccc1n2-c1nc(-c2ccc(-c3cc4c5ccccc5n5c6ccccc6c(c3)c45)cc2)nc(-n2c3ccccc3c3ccccc32)n1. The molecule has 0 aliphatic heterocycles. The van der Waals surface area contributed by atoms with Gasteiger partial charge in [0, 0.05) is 48.7 Å². The summed E-state index contributed by atoms with van der Waals surface area (Å²) in [6, 6.07) is 64.8. The summed E-state index contributed by atoms with van der Waals surface area (Å²) in [6.45, 7) is 0. The standard InChI is InChI=1S/C51H30N6/c1-9-21-44-34(13-1)35-14-2-10-22-45(35)56(44)50-52-49(53-51(54-50)57-46-23-11-3-15-36(46)37-16-4-12-24-47(37)57)32-27-25-31(26-28-32)33-29-40-38-17-5-7-19-42(38)55-43-20-8-6-18-39(43)41(30-33)48(40)55/h1-30H. The summed E-state index contributed by atoms with van der Waals surface area (Å²) in [6.07, 6.45) is 0. The van der Waals surface area contributed by atoms with E-state index in [0.29, 0.717) is 17.7 Å². The second kappa shape index (κ2) is 11.4. The molecule has 264 valence electrons. The van der Waals surface area contributed by atoms with Crippen LogP contribution in [0.15, 0.2) is 182 Å². The van der Waals surface area contributed by atoms with Crippen molar-refractivity contribution in [2.24, 2.45) is 0 Å². The van der Waals surface area contributed by atoms with Gasteiger partial charge in [0.2, 0.25) is 11.9 Å². The van der Waals surface area contributed by atoms with Crippen molar-refractivity contribution >= 4 is 81.7 Å². The summed E-state index contributed by atoms with van der Waals surface area (Å²) < 4.78 is 6.77. The maximum atomic E-state index is 5.30. The zero-order chi connectivity index (χ0) is 37.2. The predicted octanol–water partition coefficient (Wildman–Crippen LogP) is 12.5. The van der Waals surface area contributed by atoms with Crippen molar-refractivity contribution in [1.29, 1.82) is 0 Å². The van der Waals surface area contributed by atoms with Gasteiger partial charge in [0.25, 0.3) is 0 Å². The normalized spacial score (nSPS) is 12.2. The number of benzene rings is 8. The van der Waals surface area contributed by atoms with E-state index < -0.39 is 0 Å². The molecule has 0 aliphatic rings. The van der Waals surface area contributed by atoms with Crippen LogP contribution in [-0.4, -0.2) is 28.5 Å². The Morgan fingerprint density at radius 3 is 1.02 bits per heavy atom. The summed E-state index contributed by atoms with van der Waals surface area (Å²) in [5.41, 5.74) is 11.2. The van der Waals surface area contributed by atoms with Crippen molar-refractivity contribution in [3.05, 3.63) is 182 Å². The third kappa shape index (κ3) is 4.21. The predicted molar refractivity (Wildman–Crippen MR) is 234 cm³/mol. The van der Waals surface area contributed by atoms with Gasteiger partial charge in [-0.15, -0.1) is 0 Å². The molecule has 0 saturated heterocycles. The van der Waals surface area contributed by atoms with E-state index in [-0.39, 0.29) is 0 Å². The maximum Gasteiger partial charge on any atom is 0.240 e. The second-order valence-corrected chi connectivity index (χ2v) is 14.9. The Morgan fingerprint density at radius 1 is 0.281 bits per heavy atom. The second-order valence-electron chi connectivity index (χ2n) is 14.9. The molecule has 5 aromatic heterocycles. The average Bonchev–Trinajstić information content (AvgIpc) is 4.01. The number of aromatic nitrogens is 6. The molecule has 5 heterocycles. The molecule has 0 N–H and O–H groups in total. The minimum atomic E-state index is 0.571.